The van der Waals surface area contributed by atoms with Gasteiger partial charge in [0.15, 0.2) is 0 Å². The normalized spacial score (nSPS) is 10.1. The van der Waals surface area contributed by atoms with Crippen molar-refractivity contribution in [3.05, 3.63) is 28.8 Å². The van der Waals surface area contributed by atoms with Crippen LogP contribution in [0.25, 0.3) is 0 Å². The van der Waals surface area contributed by atoms with Crippen LogP contribution in [0.15, 0.2) is 12.1 Å². The molecule has 0 fully saturated rings. The maximum Gasteiger partial charge on any atom is 0.255 e. The number of aliphatic hydroxyl groups excluding tert-OH is 1. The van der Waals surface area contributed by atoms with Crippen LogP contribution in [-0.4, -0.2) is 31.3 Å². The highest BCUT2D eigenvalue weighted by Crippen LogP contribution is 2.23. The van der Waals surface area contributed by atoms with Crippen LogP contribution in [0.5, 0.6) is 5.75 Å². The van der Waals surface area contributed by atoms with Crippen molar-refractivity contribution in [1.29, 1.82) is 0 Å². The molecule has 1 rings (SSSR count). The van der Waals surface area contributed by atoms with E-state index in [-0.39, 0.29) is 12.5 Å². The highest BCUT2D eigenvalue weighted by molar-refractivity contribution is 5.98. The van der Waals surface area contributed by atoms with E-state index in [4.69, 9.17) is 9.84 Å². The summed E-state index contributed by atoms with van der Waals surface area (Å²) in [5.74, 6) is 0.428. The van der Waals surface area contributed by atoms with E-state index in [0.717, 1.165) is 11.1 Å². The predicted octanol–water partition coefficient (Wildman–Crippen LogP) is 1.42. The lowest BCUT2D eigenvalue weighted by Crippen LogP contribution is -2.26. The number of hydrogen-bond donors (Lipinski definition) is 2. The van der Waals surface area contributed by atoms with Crippen molar-refractivity contribution in [2.45, 2.75) is 20.3 Å². The Balaban J connectivity index is 2.92. The van der Waals surface area contributed by atoms with Crippen molar-refractivity contribution in [3.63, 3.8) is 0 Å². The molecule has 0 aliphatic heterocycles. The van der Waals surface area contributed by atoms with Crippen molar-refractivity contribution in [2.24, 2.45) is 0 Å². The van der Waals surface area contributed by atoms with Gasteiger partial charge in [-0.25, -0.2) is 0 Å². The summed E-state index contributed by atoms with van der Waals surface area (Å²) < 4.78 is 5.22. The van der Waals surface area contributed by atoms with Crippen LogP contribution in [0.4, 0.5) is 0 Å². The summed E-state index contributed by atoms with van der Waals surface area (Å²) >= 11 is 0. The fourth-order valence-electron chi connectivity index (χ4n) is 1.75. The highest BCUT2D eigenvalue weighted by atomic mass is 16.5. The maximum absolute atomic E-state index is 12.0. The van der Waals surface area contributed by atoms with Gasteiger partial charge < -0.3 is 15.2 Å². The standard InChI is InChI=1S/C13H19NO3/c1-9-7-10(2)12(11(8-9)17-3)13(16)14-5-4-6-15/h7-8,15H,4-6H2,1-3H3,(H,14,16). The summed E-state index contributed by atoms with van der Waals surface area (Å²) in [5.41, 5.74) is 2.52. The Hall–Kier alpha value is -1.55. The minimum atomic E-state index is -0.159. The second-order valence-electron chi connectivity index (χ2n) is 3.99. The first kappa shape index (κ1) is 13.5. The molecule has 0 saturated heterocycles. The molecule has 94 valence electrons. The maximum atomic E-state index is 12.0. The fourth-order valence-corrected chi connectivity index (χ4v) is 1.75. The quantitative estimate of drug-likeness (QED) is 0.761. The second kappa shape index (κ2) is 6.25. The Morgan fingerprint density at radius 2 is 2.12 bits per heavy atom. The largest absolute Gasteiger partial charge is 0.496 e. The molecule has 17 heavy (non-hydrogen) atoms. The topological polar surface area (TPSA) is 58.6 Å². The van der Waals surface area contributed by atoms with Crippen LogP contribution in [0, 0.1) is 13.8 Å². The van der Waals surface area contributed by atoms with E-state index in [2.05, 4.69) is 5.32 Å². The lowest BCUT2D eigenvalue weighted by Gasteiger charge is -2.12. The minimum absolute atomic E-state index is 0.0737. The molecule has 0 heterocycles. The molecule has 0 unspecified atom stereocenters. The minimum Gasteiger partial charge on any atom is -0.496 e. The Morgan fingerprint density at radius 3 is 2.71 bits per heavy atom. The Labute approximate surface area is 102 Å². The SMILES string of the molecule is COc1cc(C)cc(C)c1C(=O)NCCCO. The van der Waals surface area contributed by atoms with E-state index >= 15 is 0 Å². The summed E-state index contributed by atoms with van der Waals surface area (Å²) in [7, 11) is 1.55. The lowest BCUT2D eigenvalue weighted by atomic mass is 10.0. The van der Waals surface area contributed by atoms with Crippen molar-refractivity contribution < 1.29 is 14.6 Å². The first-order valence-corrected chi connectivity index (χ1v) is 5.64. The van der Waals surface area contributed by atoms with E-state index in [9.17, 15) is 4.79 Å². The van der Waals surface area contributed by atoms with Gasteiger partial charge in [0.1, 0.15) is 5.75 Å². The van der Waals surface area contributed by atoms with E-state index in [1.807, 2.05) is 26.0 Å². The third-order valence-electron chi connectivity index (χ3n) is 2.51. The number of benzene rings is 1. The highest BCUT2D eigenvalue weighted by Gasteiger charge is 2.15. The number of methoxy groups -OCH3 is 1. The molecule has 0 radical (unpaired) electrons. The van der Waals surface area contributed by atoms with Gasteiger partial charge in [-0.05, 0) is 37.5 Å². The van der Waals surface area contributed by atoms with Gasteiger partial charge >= 0.3 is 0 Å². The predicted molar refractivity (Wildman–Crippen MR) is 66.5 cm³/mol. The van der Waals surface area contributed by atoms with Crippen LogP contribution in [0.3, 0.4) is 0 Å². The number of carbonyl (C=O) groups is 1. The molecule has 1 aromatic rings. The number of ether oxygens (including phenoxy) is 1. The third-order valence-corrected chi connectivity index (χ3v) is 2.51. The van der Waals surface area contributed by atoms with Crippen LogP contribution >= 0.6 is 0 Å². The number of nitrogens with one attached hydrogen (secondary N) is 1. The van der Waals surface area contributed by atoms with Crippen LogP contribution in [0.2, 0.25) is 0 Å². The van der Waals surface area contributed by atoms with E-state index in [0.29, 0.717) is 24.3 Å². The molecule has 0 aliphatic rings. The van der Waals surface area contributed by atoms with Gasteiger partial charge in [0.2, 0.25) is 0 Å². The van der Waals surface area contributed by atoms with Crippen LogP contribution < -0.4 is 10.1 Å². The second-order valence-corrected chi connectivity index (χ2v) is 3.99. The van der Waals surface area contributed by atoms with Crippen molar-refractivity contribution in [2.75, 3.05) is 20.3 Å². The first-order chi connectivity index (χ1) is 8.10. The number of rotatable bonds is 5. The van der Waals surface area contributed by atoms with Crippen molar-refractivity contribution in [1.82, 2.24) is 5.32 Å². The first-order valence-electron chi connectivity index (χ1n) is 5.64. The molecule has 0 bridgehead atoms. The molecular formula is C13H19NO3. The molecule has 0 aliphatic carbocycles. The summed E-state index contributed by atoms with van der Waals surface area (Å²) in [5, 5.41) is 11.4. The van der Waals surface area contributed by atoms with E-state index in [1.54, 1.807) is 7.11 Å². The lowest BCUT2D eigenvalue weighted by molar-refractivity contribution is 0.0947. The number of hydrogen-bond acceptors (Lipinski definition) is 3. The molecule has 4 heteroatoms. The van der Waals surface area contributed by atoms with Gasteiger partial charge in [-0.1, -0.05) is 6.07 Å². The molecule has 0 aromatic heterocycles. The Morgan fingerprint density at radius 1 is 1.41 bits per heavy atom. The monoisotopic (exact) mass is 237 g/mol. The smallest absolute Gasteiger partial charge is 0.255 e. The van der Waals surface area contributed by atoms with Crippen molar-refractivity contribution in [3.8, 4) is 5.75 Å². The van der Waals surface area contributed by atoms with Gasteiger partial charge in [-0.2, -0.15) is 0 Å². The summed E-state index contributed by atoms with van der Waals surface area (Å²) in [6, 6.07) is 3.79. The molecule has 0 atom stereocenters. The van der Waals surface area contributed by atoms with Gasteiger partial charge in [0.25, 0.3) is 5.91 Å². The van der Waals surface area contributed by atoms with Gasteiger partial charge in [-0.15, -0.1) is 0 Å². The van der Waals surface area contributed by atoms with Crippen LogP contribution in [0.1, 0.15) is 27.9 Å². The number of carbonyl (C=O) groups excluding carboxylic acids is 1. The molecule has 4 nitrogen and oxygen atoms in total. The van der Waals surface area contributed by atoms with Crippen LogP contribution in [-0.2, 0) is 0 Å². The fraction of sp³-hybridized carbons (Fsp3) is 0.462. The number of aliphatic hydroxyl groups is 1. The molecule has 0 saturated carbocycles. The zero-order chi connectivity index (χ0) is 12.8. The average Bonchev–Trinajstić information content (AvgIpc) is 2.27. The zero-order valence-electron chi connectivity index (χ0n) is 10.5. The molecule has 1 amide bonds. The molecular weight excluding hydrogens is 218 g/mol. The number of amides is 1. The summed E-state index contributed by atoms with van der Waals surface area (Å²) in [6.45, 7) is 4.38. The van der Waals surface area contributed by atoms with Gasteiger partial charge in [0.05, 0.1) is 12.7 Å². The van der Waals surface area contributed by atoms with Crippen molar-refractivity contribution >= 4 is 5.91 Å². The summed E-state index contributed by atoms with van der Waals surface area (Å²) in [6.07, 6.45) is 0.555. The Kier molecular flexibility index (Phi) is 4.97. The molecule has 0 spiro atoms. The van der Waals surface area contributed by atoms with E-state index < -0.39 is 0 Å². The molecule has 1 aromatic carbocycles. The zero-order valence-corrected chi connectivity index (χ0v) is 10.5. The Bertz CT molecular complexity index is 402. The third kappa shape index (κ3) is 3.46. The average molecular weight is 237 g/mol. The molecule has 2 N–H and O–H groups in total. The summed E-state index contributed by atoms with van der Waals surface area (Å²) in [4.78, 5) is 12.0. The number of aryl methyl sites for hydroxylation is 2. The van der Waals surface area contributed by atoms with Gasteiger partial charge in [-0.3, -0.25) is 4.79 Å². The van der Waals surface area contributed by atoms with E-state index in [1.165, 1.54) is 0 Å². The van der Waals surface area contributed by atoms with Gasteiger partial charge in [0, 0.05) is 13.2 Å².